The Labute approximate surface area is 145 Å². The maximum Gasteiger partial charge on any atom is 0.222 e. The van der Waals surface area contributed by atoms with Gasteiger partial charge in [0, 0.05) is 38.6 Å². The monoisotopic (exact) mass is 330 g/mol. The van der Waals surface area contributed by atoms with Crippen molar-refractivity contribution >= 4 is 5.91 Å². The number of rotatable bonds is 6. The summed E-state index contributed by atoms with van der Waals surface area (Å²) in [5.74, 6) is 1.42. The number of ether oxygens (including phenoxy) is 1. The molecule has 0 aromatic heterocycles. The van der Waals surface area contributed by atoms with Crippen LogP contribution in [0.15, 0.2) is 18.2 Å². The van der Waals surface area contributed by atoms with Crippen LogP contribution in [0.4, 0.5) is 0 Å². The predicted octanol–water partition coefficient (Wildman–Crippen LogP) is 3.16. The molecule has 3 rings (SSSR count). The third-order valence-corrected chi connectivity index (χ3v) is 5.38. The van der Waals surface area contributed by atoms with E-state index in [9.17, 15) is 4.79 Å². The standard InChI is InChI=1S/C20H30N2O2/c1-16-6-3-7-17(2)20(16)24-15-5-11-21-13-9-18(10-14-21)22-12-4-8-19(22)23/h3,6-7,18H,4-5,8-15H2,1-2H3. The molecule has 24 heavy (non-hydrogen) atoms. The molecule has 0 aliphatic carbocycles. The number of hydrogen-bond donors (Lipinski definition) is 0. The summed E-state index contributed by atoms with van der Waals surface area (Å²) in [5.41, 5.74) is 2.43. The summed E-state index contributed by atoms with van der Waals surface area (Å²) in [7, 11) is 0. The van der Waals surface area contributed by atoms with Crippen molar-refractivity contribution in [3.05, 3.63) is 29.3 Å². The second-order valence-electron chi connectivity index (χ2n) is 7.19. The highest BCUT2D eigenvalue weighted by atomic mass is 16.5. The minimum Gasteiger partial charge on any atom is -0.493 e. The number of piperidine rings is 1. The molecule has 2 heterocycles. The van der Waals surface area contributed by atoms with Gasteiger partial charge in [-0.1, -0.05) is 18.2 Å². The number of carbonyl (C=O) groups is 1. The molecule has 2 fully saturated rings. The number of para-hydroxylation sites is 1. The first-order valence-electron chi connectivity index (χ1n) is 9.36. The van der Waals surface area contributed by atoms with Crippen LogP contribution in [0.5, 0.6) is 5.75 Å². The highest BCUT2D eigenvalue weighted by Crippen LogP contribution is 2.23. The zero-order valence-corrected chi connectivity index (χ0v) is 15.1. The van der Waals surface area contributed by atoms with Crippen molar-refractivity contribution in [2.24, 2.45) is 0 Å². The van der Waals surface area contributed by atoms with Crippen LogP contribution in [-0.4, -0.2) is 54.5 Å². The summed E-state index contributed by atoms with van der Waals surface area (Å²) in [6.07, 6.45) is 5.12. The maximum atomic E-state index is 11.9. The number of benzene rings is 1. The fraction of sp³-hybridized carbons (Fsp3) is 0.650. The Bertz CT molecular complexity index is 545. The van der Waals surface area contributed by atoms with E-state index in [0.717, 1.165) is 70.6 Å². The van der Waals surface area contributed by atoms with Crippen LogP contribution in [0, 0.1) is 13.8 Å². The first kappa shape index (κ1) is 17.3. The lowest BCUT2D eigenvalue weighted by molar-refractivity contribution is -0.130. The second-order valence-corrected chi connectivity index (χ2v) is 7.19. The van der Waals surface area contributed by atoms with Gasteiger partial charge in [0.05, 0.1) is 6.61 Å². The SMILES string of the molecule is Cc1cccc(C)c1OCCCN1CCC(N2CCCC2=O)CC1. The van der Waals surface area contributed by atoms with Gasteiger partial charge in [0.15, 0.2) is 0 Å². The molecule has 0 saturated carbocycles. The van der Waals surface area contributed by atoms with E-state index in [0.29, 0.717) is 11.9 Å². The van der Waals surface area contributed by atoms with Gasteiger partial charge in [0.2, 0.25) is 5.91 Å². The molecule has 0 N–H and O–H groups in total. The van der Waals surface area contributed by atoms with E-state index in [1.165, 1.54) is 11.1 Å². The van der Waals surface area contributed by atoms with Crippen molar-refractivity contribution in [2.75, 3.05) is 32.8 Å². The van der Waals surface area contributed by atoms with Crippen molar-refractivity contribution in [1.82, 2.24) is 9.80 Å². The lowest BCUT2D eigenvalue weighted by Crippen LogP contribution is -2.45. The normalized spacial score (nSPS) is 19.9. The van der Waals surface area contributed by atoms with Crippen LogP contribution in [0.2, 0.25) is 0 Å². The number of aryl methyl sites for hydroxylation is 2. The Morgan fingerprint density at radius 2 is 1.83 bits per heavy atom. The van der Waals surface area contributed by atoms with E-state index in [2.05, 4.69) is 41.8 Å². The first-order valence-corrected chi connectivity index (χ1v) is 9.36. The van der Waals surface area contributed by atoms with E-state index in [-0.39, 0.29) is 0 Å². The number of hydrogen-bond acceptors (Lipinski definition) is 3. The van der Waals surface area contributed by atoms with Crippen LogP contribution < -0.4 is 4.74 Å². The Kier molecular flexibility index (Phi) is 5.77. The maximum absolute atomic E-state index is 11.9. The van der Waals surface area contributed by atoms with Crippen LogP contribution in [0.1, 0.15) is 43.2 Å². The predicted molar refractivity (Wildman–Crippen MR) is 96.4 cm³/mol. The molecule has 1 aromatic carbocycles. The fourth-order valence-electron chi connectivity index (χ4n) is 4.00. The van der Waals surface area contributed by atoms with E-state index in [4.69, 9.17) is 4.74 Å². The summed E-state index contributed by atoms with van der Waals surface area (Å²) < 4.78 is 6.00. The Balaban J connectivity index is 1.36. The molecule has 132 valence electrons. The van der Waals surface area contributed by atoms with Gasteiger partial charge >= 0.3 is 0 Å². The summed E-state index contributed by atoms with van der Waals surface area (Å²) in [4.78, 5) is 16.5. The molecular weight excluding hydrogens is 300 g/mol. The minimum absolute atomic E-state index is 0.371. The van der Waals surface area contributed by atoms with E-state index >= 15 is 0 Å². The first-order chi connectivity index (χ1) is 11.6. The molecule has 2 aliphatic heterocycles. The van der Waals surface area contributed by atoms with Gasteiger partial charge in [-0.05, 0) is 50.7 Å². The van der Waals surface area contributed by atoms with Gasteiger partial charge in [-0.2, -0.15) is 0 Å². The molecule has 1 aromatic rings. The van der Waals surface area contributed by atoms with Crippen molar-refractivity contribution in [3.8, 4) is 5.75 Å². The smallest absolute Gasteiger partial charge is 0.222 e. The largest absolute Gasteiger partial charge is 0.493 e. The Morgan fingerprint density at radius 1 is 1.12 bits per heavy atom. The molecule has 1 amide bonds. The molecule has 0 atom stereocenters. The lowest BCUT2D eigenvalue weighted by atomic mass is 10.0. The zero-order chi connectivity index (χ0) is 16.9. The minimum atomic E-state index is 0.371. The zero-order valence-electron chi connectivity index (χ0n) is 15.1. The van der Waals surface area contributed by atoms with Gasteiger partial charge in [-0.25, -0.2) is 0 Å². The lowest BCUT2D eigenvalue weighted by Gasteiger charge is -2.36. The highest BCUT2D eigenvalue weighted by molar-refractivity contribution is 5.78. The summed E-state index contributed by atoms with van der Waals surface area (Å²) in [6.45, 7) is 9.27. The summed E-state index contributed by atoms with van der Waals surface area (Å²) >= 11 is 0. The number of nitrogens with zero attached hydrogens (tertiary/aromatic N) is 2. The van der Waals surface area contributed by atoms with Gasteiger partial charge in [-0.15, -0.1) is 0 Å². The average Bonchev–Trinajstić information content (AvgIpc) is 3.00. The van der Waals surface area contributed by atoms with Gasteiger partial charge in [0.1, 0.15) is 5.75 Å². The van der Waals surface area contributed by atoms with Crippen molar-refractivity contribution < 1.29 is 9.53 Å². The van der Waals surface area contributed by atoms with E-state index in [1.807, 2.05) is 0 Å². The fourth-order valence-corrected chi connectivity index (χ4v) is 4.00. The van der Waals surface area contributed by atoms with E-state index < -0.39 is 0 Å². The number of amides is 1. The molecule has 2 aliphatic rings. The third kappa shape index (κ3) is 4.10. The molecule has 0 spiro atoms. The second kappa shape index (κ2) is 8.02. The summed E-state index contributed by atoms with van der Waals surface area (Å²) in [5, 5.41) is 0. The van der Waals surface area contributed by atoms with Crippen molar-refractivity contribution in [2.45, 2.75) is 52.0 Å². The Morgan fingerprint density at radius 3 is 2.46 bits per heavy atom. The molecule has 4 nitrogen and oxygen atoms in total. The topological polar surface area (TPSA) is 32.8 Å². The molecule has 0 radical (unpaired) electrons. The van der Waals surface area contributed by atoms with Gasteiger partial charge in [0.25, 0.3) is 0 Å². The average molecular weight is 330 g/mol. The molecular formula is C20H30N2O2. The highest BCUT2D eigenvalue weighted by Gasteiger charge is 2.30. The number of carbonyl (C=O) groups excluding carboxylic acids is 1. The van der Waals surface area contributed by atoms with Crippen LogP contribution in [0.25, 0.3) is 0 Å². The van der Waals surface area contributed by atoms with Crippen LogP contribution in [-0.2, 0) is 4.79 Å². The summed E-state index contributed by atoms with van der Waals surface area (Å²) in [6, 6.07) is 6.77. The molecule has 4 heteroatoms. The van der Waals surface area contributed by atoms with E-state index in [1.54, 1.807) is 0 Å². The van der Waals surface area contributed by atoms with Crippen molar-refractivity contribution in [3.63, 3.8) is 0 Å². The van der Waals surface area contributed by atoms with Crippen molar-refractivity contribution in [1.29, 1.82) is 0 Å². The molecule has 0 unspecified atom stereocenters. The van der Waals surface area contributed by atoms with Crippen LogP contribution >= 0.6 is 0 Å². The number of likely N-dealkylation sites (tertiary alicyclic amines) is 2. The van der Waals surface area contributed by atoms with Gasteiger partial charge < -0.3 is 14.5 Å². The molecule has 0 bridgehead atoms. The quantitative estimate of drug-likeness (QED) is 0.751. The van der Waals surface area contributed by atoms with Crippen LogP contribution in [0.3, 0.4) is 0 Å². The molecule has 2 saturated heterocycles. The van der Waals surface area contributed by atoms with Gasteiger partial charge in [-0.3, -0.25) is 4.79 Å². The Hall–Kier alpha value is -1.55. The third-order valence-electron chi connectivity index (χ3n) is 5.38.